The van der Waals surface area contributed by atoms with E-state index in [1.165, 1.54) is 12.1 Å². The predicted octanol–water partition coefficient (Wildman–Crippen LogP) is 0.653. The van der Waals surface area contributed by atoms with Crippen molar-refractivity contribution >= 4 is 15.7 Å². The summed E-state index contributed by atoms with van der Waals surface area (Å²) in [5.41, 5.74) is 6.06. The summed E-state index contributed by atoms with van der Waals surface area (Å²) in [5.74, 6) is -0.140. The number of hydrogen-bond donors (Lipinski definition) is 1. The Hall–Kier alpha value is -1.40. The van der Waals surface area contributed by atoms with Crippen LogP contribution in [0.1, 0.15) is 23.2 Å². The molecular formula is C13H18N2O3S. The highest BCUT2D eigenvalue weighted by Crippen LogP contribution is 2.20. The first-order chi connectivity index (χ1) is 8.93. The maximum absolute atomic E-state index is 12.4. The molecule has 2 rings (SSSR count). The van der Waals surface area contributed by atoms with Crippen molar-refractivity contribution in [3.05, 3.63) is 29.8 Å². The molecule has 1 saturated heterocycles. The second kappa shape index (κ2) is 5.30. The van der Waals surface area contributed by atoms with Crippen molar-refractivity contribution in [2.45, 2.75) is 23.8 Å². The van der Waals surface area contributed by atoms with Crippen LogP contribution in [0.25, 0.3) is 0 Å². The van der Waals surface area contributed by atoms with Gasteiger partial charge in [-0.3, -0.25) is 4.79 Å². The van der Waals surface area contributed by atoms with Crippen LogP contribution in [-0.4, -0.2) is 44.6 Å². The first-order valence-electron chi connectivity index (χ1n) is 6.24. The minimum Gasteiger partial charge on any atom is -0.334 e. The Bertz CT molecular complexity index is 583. The van der Waals surface area contributed by atoms with Gasteiger partial charge >= 0.3 is 0 Å². The molecule has 0 bridgehead atoms. The monoisotopic (exact) mass is 282 g/mol. The van der Waals surface area contributed by atoms with Crippen LogP contribution < -0.4 is 5.73 Å². The van der Waals surface area contributed by atoms with Gasteiger partial charge in [-0.05, 0) is 31.0 Å². The average Bonchev–Trinajstić information content (AvgIpc) is 2.85. The number of likely N-dealkylation sites (tertiary alicyclic amines) is 1. The van der Waals surface area contributed by atoms with Crippen LogP contribution in [-0.2, 0) is 9.84 Å². The summed E-state index contributed by atoms with van der Waals surface area (Å²) in [7, 11) is -3.30. The highest BCUT2D eigenvalue weighted by Gasteiger charge is 2.28. The van der Waals surface area contributed by atoms with Gasteiger partial charge in [-0.15, -0.1) is 0 Å². The van der Waals surface area contributed by atoms with E-state index in [9.17, 15) is 13.2 Å². The van der Waals surface area contributed by atoms with Crippen LogP contribution in [0, 0.1) is 0 Å². The smallest absolute Gasteiger partial charge is 0.254 e. The van der Waals surface area contributed by atoms with Crippen molar-refractivity contribution in [3.63, 3.8) is 0 Å². The number of nitrogens with two attached hydrogens (primary N) is 1. The van der Waals surface area contributed by atoms with Crippen LogP contribution in [0.2, 0.25) is 0 Å². The minimum atomic E-state index is -3.30. The normalized spacial score (nSPS) is 19.7. The lowest BCUT2D eigenvalue weighted by Crippen LogP contribution is -2.39. The molecule has 2 N–H and O–H groups in total. The fraction of sp³-hybridized carbons (Fsp3) is 0.462. The van der Waals surface area contributed by atoms with Crippen LogP contribution in [0.3, 0.4) is 0 Å². The fourth-order valence-electron chi connectivity index (χ4n) is 2.37. The van der Waals surface area contributed by atoms with Gasteiger partial charge in [0.2, 0.25) is 0 Å². The second-order valence-electron chi connectivity index (χ2n) is 4.83. The Morgan fingerprint density at radius 1 is 1.47 bits per heavy atom. The van der Waals surface area contributed by atoms with E-state index in [2.05, 4.69) is 0 Å². The van der Waals surface area contributed by atoms with E-state index in [0.717, 1.165) is 19.1 Å². The Morgan fingerprint density at radius 3 is 2.84 bits per heavy atom. The van der Waals surface area contributed by atoms with Gasteiger partial charge in [0, 0.05) is 31.0 Å². The zero-order valence-electron chi connectivity index (χ0n) is 10.9. The van der Waals surface area contributed by atoms with Crippen molar-refractivity contribution in [3.8, 4) is 0 Å². The summed E-state index contributed by atoms with van der Waals surface area (Å²) in [6, 6.07) is 6.23. The molecule has 5 nitrogen and oxygen atoms in total. The molecule has 1 atom stereocenters. The summed E-state index contributed by atoms with van der Waals surface area (Å²) in [6.45, 7) is 1.13. The number of amides is 1. The number of hydrogen-bond acceptors (Lipinski definition) is 4. The molecular weight excluding hydrogens is 264 g/mol. The summed E-state index contributed by atoms with van der Waals surface area (Å²) < 4.78 is 23.0. The largest absolute Gasteiger partial charge is 0.334 e. The second-order valence-corrected chi connectivity index (χ2v) is 6.85. The van der Waals surface area contributed by atoms with Gasteiger partial charge in [0.25, 0.3) is 5.91 Å². The number of benzene rings is 1. The van der Waals surface area contributed by atoms with Crippen molar-refractivity contribution < 1.29 is 13.2 Å². The standard InChI is InChI=1S/C13H18N2O3S/c1-19(17,18)12-6-2-4-10(8-12)13(16)15-7-3-5-11(15)9-14/h2,4,6,8,11H,3,5,7,9,14H2,1H3. The Kier molecular flexibility index (Phi) is 3.91. The molecule has 1 amide bonds. The topological polar surface area (TPSA) is 80.5 Å². The summed E-state index contributed by atoms with van der Waals surface area (Å²) in [6.07, 6.45) is 2.99. The predicted molar refractivity (Wildman–Crippen MR) is 72.7 cm³/mol. The molecule has 1 fully saturated rings. The fourth-order valence-corrected chi connectivity index (χ4v) is 3.04. The van der Waals surface area contributed by atoms with Crippen molar-refractivity contribution in [2.75, 3.05) is 19.3 Å². The highest BCUT2D eigenvalue weighted by molar-refractivity contribution is 7.90. The zero-order valence-corrected chi connectivity index (χ0v) is 11.7. The quantitative estimate of drug-likeness (QED) is 0.883. The molecule has 0 spiro atoms. The summed E-state index contributed by atoms with van der Waals surface area (Å²) in [5, 5.41) is 0. The maximum atomic E-state index is 12.4. The molecule has 1 unspecified atom stereocenters. The zero-order chi connectivity index (χ0) is 14.0. The third-order valence-electron chi connectivity index (χ3n) is 3.42. The van der Waals surface area contributed by atoms with Gasteiger partial charge in [-0.1, -0.05) is 6.07 Å². The van der Waals surface area contributed by atoms with Gasteiger partial charge < -0.3 is 10.6 Å². The summed E-state index contributed by atoms with van der Waals surface area (Å²) in [4.78, 5) is 14.3. The third-order valence-corrected chi connectivity index (χ3v) is 4.53. The molecule has 0 radical (unpaired) electrons. The first-order valence-corrected chi connectivity index (χ1v) is 8.14. The van der Waals surface area contributed by atoms with Gasteiger partial charge in [-0.25, -0.2) is 8.42 Å². The number of nitrogens with zero attached hydrogens (tertiary/aromatic N) is 1. The van der Waals surface area contributed by atoms with E-state index < -0.39 is 9.84 Å². The van der Waals surface area contributed by atoms with Crippen LogP contribution in [0.5, 0.6) is 0 Å². The van der Waals surface area contributed by atoms with E-state index in [0.29, 0.717) is 18.7 Å². The van der Waals surface area contributed by atoms with Crippen molar-refractivity contribution in [1.82, 2.24) is 4.90 Å². The van der Waals surface area contributed by atoms with Gasteiger partial charge in [0.15, 0.2) is 9.84 Å². The SMILES string of the molecule is CS(=O)(=O)c1cccc(C(=O)N2CCCC2CN)c1. The molecule has 1 heterocycles. The van der Waals surface area contributed by atoms with Crippen LogP contribution >= 0.6 is 0 Å². The van der Waals surface area contributed by atoms with E-state index in [1.807, 2.05) is 0 Å². The minimum absolute atomic E-state index is 0.0642. The van der Waals surface area contributed by atoms with Crippen LogP contribution in [0.15, 0.2) is 29.2 Å². The molecule has 0 saturated carbocycles. The van der Waals surface area contributed by atoms with Gasteiger partial charge in [0.05, 0.1) is 4.90 Å². The lowest BCUT2D eigenvalue weighted by molar-refractivity contribution is 0.0741. The van der Waals surface area contributed by atoms with E-state index in [1.54, 1.807) is 17.0 Å². The first kappa shape index (κ1) is 14.0. The molecule has 6 heteroatoms. The number of rotatable bonds is 3. The van der Waals surface area contributed by atoms with Gasteiger partial charge in [0.1, 0.15) is 0 Å². The molecule has 1 aromatic carbocycles. The van der Waals surface area contributed by atoms with E-state index in [4.69, 9.17) is 5.73 Å². The Labute approximate surface area is 113 Å². The van der Waals surface area contributed by atoms with E-state index in [-0.39, 0.29) is 16.8 Å². The lowest BCUT2D eigenvalue weighted by atomic mass is 10.1. The maximum Gasteiger partial charge on any atom is 0.254 e. The van der Waals surface area contributed by atoms with Crippen LogP contribution in [0.4, 0.5) is 0 Å². The lowest BCUT2D eigenvalue weighted by Gasteiger charge is -2.23. The van der Waals surface area contributed by atoms with E-state index >= 15 is 0 Å². The number of carbonyl (C=O) groups is 1. The van der Waals surface area contributed by atoms with Crippen molar-refractivity contribution in [2.24, 2.45) is 5.73 Å². The molecule has 1 aromatic rings. The number of sulfone groups is 1. The molecule has 1 aliphatic rings. The van der Waals surface area contributed by atoms with Gasteiger partial charge in [-0.2, -0.15) is 0 Å². The molecule has 0 aliphatic carbocycles. The highest BCUT2D eigenvalue weighted by atomic mass is 32.2. The molecule has 19 heavy (non-hydrogen) atoms. The molecule has 1 aliphatic heterocycles. The number of carbonyl (C=O) groups excluding carboxylic acids is 1. The summed E-state index contributed by atoms with van der Waals surface area (Å²) >= 11 is 0. The Balaban J connectivity index is 2.29. The molecule has 104 valence electrons. The Morgan fingerprint density at radius 2 is 2.21 bits per heavy atom. The average molecular weight is 282 g/mol. The third kappa shape index (κ3) is 2.96. The molecule has 0 aromatic heterocycles. The van der Waals surface area contributed by atoms with Crippen molar-refractivity contribution in [1.29, 1.82) is 0 Å².